The van der Waals surface area contributed by atoms with Crippen molar-refractivity contribution in [1.82, 2.24) is 20.3 Å². The molecular weight excluding hydrogens is 451 g/mol. The van der Waals surface area contributed by atoms with Crippen molar-refractivity contribution in [3.05, 3.63) is 66.5 Å². The first-order valence-corrected chi connectivity index (χ1v) is 10.5. The second kappa shape index (κ2) is 9.74. The molecule has 0 saturated carbocycles. The Morgan fingerprint density at radius 1 is 1.09 bits per heavy atom. The molecule has 0 bridgehead atoms. The number of rotatable bonds is 6. The molecular formula is C23H22F3N5O3. The molecule has 8 nitrogen and oxygen atoms in total. The van der Waals surface area contributed by atoms with Gasteiger partial charge in [-0.2, -0.15) is 0 Å². The van der Waals surface area contributed by atoms with E-state index in [4.69, 9.17) is 4.74 Å². The van der Waals surface area contributed by atoms with Crippen LogP contribution < -0.4 is 15.4 Å². The first-order valence-electron chi connectivity index (χ1n) is 10.5. The van der Waals surface area contributed by atoms with Gasteiger partial charge in [0.25, 0.3) is 5.91 Å². The Hall–Kier alpha value is -3.57. The van der Waals surface area contributed by atoms with E-state index in [0.717, 1.165) is 17.8 Å². The van der Waals surface area contributed by atoms with Crippen molar-refractivity contribution >= 4 is 11.6 Å². The van der Waals surface area contributed by atoms with Crippen LogP contribution in [-0.2, 0) is 10.3 Å². The van der Waals surface area contributed by atoms with Gasteiger partial charge >= 0.3 is 6.36 Å². The Kier molecular flexibility index (Phi) is 6.75. The molecule has 3 heterocycles. The molecule has 4 rings (SSSR count). The summed E-state index contributed by atoms with van der Waals surface area (Å²) in [6.45, 7) is 1.15. The zero-order valence-electron chi connectivity index (χ0n) is 18.2. The fourth-order valence-electron chi connectivity index (χ4n) is 3.90. The Balaban J connectivity index is 1.63. The van der Waals surface area contributed by atoms with Crippen molar-refractivity contribution < 1.29 is 27.4 Å². The summed E-state index contributed by atoms with van der Waals surface area (Å²) in [6.07, 6.45) is 2.82. The molecule has 0 aliphatic carbocycles. The summed E-state index contributed by atoms with van der Waals surface area (Å²) in [5.41, 5.74) is 2.32. The molecule has 0 unspecified atom stereocenters. The molecule has 1 aliphatic heterocycles. The minimum Gasteiger partial charge on any atom is -0.406 e. The highest BCUT2D eigenvalue weighted by molar-refractivity contribution is 6.04. The van der Waals surface area contributed by atoms with Crippen LogP contribution in [-0.4, -0.2) is 47.5 Å². The predicted molar refractivity (Wildman–Crippen MR) is 117 cm³/mol. The highest BCUT2D eigenvalue weighted by atomic mass is 19.4. The Bertz CT molecular complexity index is 1130. The van der Waals surface area contributed by atoms with Gasteiger partial charge in [-0.05, 0) is 50.2 Å². The van der Waals surface area contributed by atoms with Crippen LogP contribution in [0.1, 0.15) is 28.9 Å². The number of alkyl halides is 3. The molecule has 2 N–H and O–H groups in total. The van der Waals surface area contributed by atoms with Crippen LogP contribution in [0.2, 0.25) is 0 Å². The van der Waals surface area contributed by atoms with E-state index in [1.807, 2.05) is 7.05 Å². The lowest BCUT2D eigenvalue weighted by Crippen LogP contribution is -2.45. The molecule has 2 aromatic heterocycles. The summed E-state index contributed by atoms with van der Waals surface area (Å²) in [5, 5.41) is 6.04. The van der Waals surface area contributed by atoms with Gasteiger partial charge in [-0.25, -0.2) is 9.97 Å². The summed E-state index contributed by atoms with van der Waals surface area (Å²) >= 11 is 0. The van der Waals surface area contributed by atoms with Crippen molar-refractivity contribution in [2.24, 2.45) is 0 Å². The smallest absolute Gasteiger partial charge is 0.406 e. The van der Waals surface area contributed by atoms with Crippen LogP contribution in [0.4, 0.5) is 18.9 Å². The second-order valence-electron chi connectivity index (χ2n) is 7.72. The van der Waals surface area contributed by atoms with Crippen molar-refractivity contribution in [2.75, 3.05) is 25.6 Å². The van der Waals surface area contributed by atoms with E-state index in [-0.39, 0.29) is 11.3 Å². The summed E-state index contributed by atoms with van der Waals surface area (Å²) in [5.74, 6) is -0.844. The lowest BCUT2D eigenvalue weighted by molar-refractivity contribution is -0.274. The number of anilines is 1. The number of hydrogen-bond acceptors (Lipinski definition) is 7. The lowest BCUT2D eigenvalue weighted by atomic mass is 9.82. The van der Waals surface area contributed by atoms with Crippen LogP contribution in [0.15, 0.2) is 55.2 Å². The predicted octanol–water partition coefficient (Wildman–Crippen LogP) is 3.91. The molecule has 11 heteroatoms. The van der Waals surface area contributed by atoms with Crippen LogP contribution >= 0.6 is 0 Å². The number of pyridine rings is 1. The molecule has 0 atom stereocenters. The monoisotopic (exact) mass is 473 g/mol. The minimum atomic E-state index is -4.79. The second-order valence-corrected chi connectivity index (χ2v) is 7.72. The molecule has 178 valence electrons. The van der Waals surface area contributed by atoms with Crippen LogP contribution in [0, 0.1) is 0 Å². The molecule has 34 heavy (non-hydrogen) atoms. The van der Waals surface area contributed by atoms with Crippen molar-refractivity contribution in [2.45, 2.75) is 24.7 Å². The average molecular weight is 473 g/mol. The largest absolute Gasteiger partial charge is 0.573 e. The summed E-state index contributed by atoms with van der Waals surface area (Å²) in [6, 6.07) is 6.61. The topological polar surface area (TPSA) is 98.3 Å². The normalized spacial score (nSPS) is 15.5. The number of nitrogens with zero attached hydrogens (tertiary/aromatic N) is 3. The molecule has 1 aliphatic rings. The van der Waals surface area contributed by atoms with Gasteiger partial charge < -0.3 is 20.1 Å². The third kappa shape index (κ3) is 5.32. The molecule has 0 radical (unpaired) electrons. The van der Waals surface area contributed by atoms with Crippen LogP contribution in [0.5, 0.6) is 5.75 Å². The Labute approximate surface area is 193 Å². The number of carbonyl (C=O) groups excluding carboxylic acids is 1. The van der Waals surface area contributed by atoms with Gasteiger partial charge in [0.2, 0.25) is 0 Å². The fourth-order valence-corrected chi connectivity index (χ4v) is 3.90. The SMILES string of the molecule is CNC1(c2ncc(C(=O)Nc3ccc(OC(F)(F)F)cc3)cc2-c2cncnc2)CCOCC1. The van der Waals surface area contributed by atoms with E-state index in [1.165, 1.54) is 24.7 Å². The van der Waals surface area contributed by atoms with Crippen molar-refractivity contribution in [3.63, 3.8) is 0 Å². The number of hydrogen-bond donors (Lipinski definition) is 2. The van der Waals surface area contributed by atoms with E-state index >= 15 is 0 Å². The van der Waals surface area contributed by atoms with Gasteiger partial charge in [-0.1, -0.05) is 0 Å². The number of halogens is 3. The molecule has 3 aromatic rings. The van der Waals surface area contributed by atoms with Crippen LogP contribution in [0.3, 0.4) is 0 Å². The molecule has 0 spiro atoms. The van der Waals surface area contributed by atoms with E-state index < -0.39 is 17.8 Å². The Morgan fingerprint density at radius 2 is 1.76 bits per heavy atom. The quantitative estimate of drug-likeness (QED) is 0.560. The first kappa shape index (κ1) is 23.6. The number of aromatic nitrogens is 3. The van der Waals surface area contributed by atoms with E-state index in [0.29, 0.717) is 42.9 Å². The summed E-state index contributed by atoms with van der Waals surface area (Å²) < 4.78 is 46.4. The van der Waals surface area contributed by atoms with Gasteiger partial charge in [-0.15, -0.1) is 13.2 Å². The number of amides is 1. The number of nitrogens with one attached hydrogen (secondary N) is 2. The first-order chi connectivity index (χ1) is 16.3. The number of benzene rings is 1. The standard InChI is InChI=1S/C23H22F3N5O3/c1-27-22(6-8-33-9-7-22)20-19(16-11-28-14-29-12-16)10-15(13-30-20)21(32)31-17-2-4-18(5-3-17)34-23(24,25)26/h2-5,10-14,27H,6-9H2,1H3,(H,31,32). The Morgan fingerprint density at radius 3 is 2.38 bits per heavy atom. The van der Waals surface area contributed by atoms with Gasteiger partial charge in [0.15, 0.2) is 0 Å². The summed E-state index contributed by atoms with van der Waals surface area (Å²) in [7, 11) is 1.87. The third-order valence-electron chi connectivity index (χ3n) is 5.65. The maximum absolute atomic E-state index is 12.9. The fraction of sp³-hybridized carbons (Fsp3) is 0.304. The molecule has 1 saturated heterocycles. The van der Waals surface area contributed by atoms with E-state index in [1.54, 1.807) is 18.5 Å². The maximum Gasteiger partial charge on any atom is 0.573 e. The van der Waals surface area contributed by atoms with Crippen molar-refractivity contribution in [1.29, 1.82) is 0 Å². The lowest BCUT2D eigenvalue weighted by Gasteiger charge is -2.37. The zero-order valence-corrected chi connectivity index (χ0v) is 18.2. The number of ether oxygens (including phenoxy) is 2. The third-order valence-corrected chi connectivity index (χ3v) is 5.65. The highest BCUT2D eigenvalue weighted by Crippen LogP contribution is 2.37. The highest BCUT2D eigenvalue weighted by Gasteiger charge is 2.37. The van der Waals surface area contributed by atoms with Crippen molar-refractivity contribution in [3.8, 4) is 16.9 Å². The molecule has 1 aromatic carbocycles. The minimum absolute atomic E-state index is 0.275. The molecule has 1 fully saturated rings. The van der Waals surface area contributed by atoms with Gasteiger partial charge in [-0.3, -0.25) is 9.78 Å². The van der Waals surface area contributed by atoms with Gasteiger partial charge in [0, 0.05) is 48.6 Å². The molecule has 1 amide bonds. The van der Waals surface area contributed by atoms with Crippen LogP contribution in [0.25, 0.3) is 11.1 Å². The van der Waals surface area contributed by atoms with Gasteiger partial charge in [0.1, 0.15) is 12.1 Å². The average Bonchev–Trinajstić information content (AvgIpc) is 2.85. The van der Waals surface area contributed by atoms with E-state index in [2.05, 4.69) is 30.3 Å². The summed E-state index contributed by atoms with van der Waals surface area (Å²) in [4.78, 5) is 25.8. The van der Waals surface area contributed by atoms with Gasteiger partial charge in [0.05, 0.1) is 16.8 Å². The van der Waals surface area contributed by atoms with E-state index in [9.17, 15) is 18.0 Å². The maximum atomic E-state index is 12.9. The number of carbonyl (C=O) groups is 1. The zero-order chi connectivity index (χ0) is 24.2.